The zero-order chi connectivity index (χ0) is 13.8. The molecule has 2 rings (SSSR count). The van der Waals surface area contributed by atoms with Gasteiger partial charge in [-0.05, 0) is 52.3 Å². The van der Waals surface area contributed by atoms with Crippen molar-refractivity contribution in [3.8, 4) is 11.8 Å². The first-order valence-corrected chi connectivity index (χ1v) is 6.86. The summed E-state index contributed by atoms with van der Waals surface area (Å²) in [5, 5.41) is 8.79. The molecule has 0 unspecified atom stereocenters. The summed E-state index contributed by atoms with van der Waals surface area (Å²) in [5.41, 5.74) is 0.762. The molecule has 19 heavy (non-hydrogen) atoms. The zero-order valence-electron chi connectivity index (χ0n) is 9.56. The van der Waals surface area contributed by atoms with Crippen LogP contribution in [0.25, 0.3) is 0 Å². The third-order valence-corrected chi connectivity index (χ3v) is 3.44. The molecule has 0 radical (unpaired) electrons. The minimum atomic E-state index is -0.500. The van der Waals surface area contributed by atoms with Crippen LogP contribution in [0.15, 0.2) is 51.4 Å². The molecule has 0 amide bonds. The van der Waals surface area contributed by atoms with Crippen molar-refractivity contribution in [1.82, 2.24) is 0 Å². The van der Waals surface area contributed by atoms with Crippen molar-refractivity contribution in [1.29, 1.82) is 5.26 Å². The Morgan fingerprint density at radius 2 is 1.95 bits per heavy atom. The van der Waals surface area contributed by atoms with Gasteiger partial charge < -0.3 is 4.74 Å². The number of hydrogen-bond acceptors (Lipinski definition) is 3. The summed E-state index contributed by atoms with van der Waals surface area (Å²) in [6.07, 6.45) is 0. The molecule has 0 aliphatic rings. The number of nitrogens with zero attached hydrogens (tertiary/aromatic N) is 1. The summed E-state index contributed by atoms with van der Waals surface area (Å²) in [6.45, 7) is 0. The normalized spacial score (nSPS) is 9.74. The number of esters is 1. The van der Waals surface area contributed by atoms with Crippen molar-refractivity contribution < 1.29 is 9.53 Å². The molecule has 0 aromatic heterocycles. The summed E-state index contributed by atoms with van der Waals surface area (Å²) < 4.78 is 6.82. The highest BCUT2D eigenvalue weighted by atomic mass is 79.9. The topological polar surface area (TPSA) is 50.1 Å². The Kier molecular flexibility index (Phi) is 4.35. The lowest BCUT2D eigenvalue weighted by Crippen LogP contribution is -2.08. The first-order valence-electron chi connectivity index (χ1n) is 5.27. The molecule has 0 saturated carbocycles. The van der Waals surface area contributed by atoms with E-state index in [2.05, 4.69) is 31.9 Å². The Morgan fingerprint density at radius 1 is 1.16 bits per heavy atom. The van der Waals surface area contributed by atoms with Crippen molar-refractivity contribution in [2.45, 2.75) is 0 Å². The molecular formula is C14H7Br2NO2. The van der Waals surface area contributed by atoms with Gasteiger partial charge in [0.05, 0.1) is 21.7 Å². The number of carbonyl (C=O) groups is 1. The first-order chi connectivity index (χ1) is 9.10. The van der Waals surface area contributed by atoms with Gasteiger partial charge in [-0.1, -0.05) is 22.0 Å². The van der Waals surface area contributed by atoms with Crippen LogP contribution in [0.5, 0.6) is 5.75 Å². The van der Waals surface area contributed by atoms with Crippen LogP contribution in [0, 0.1) is 11.3 Å². The number of nitriles is 1. The molecule has 0 heterocycles. The highest BCUT2D eigenvalue weighted by Crippen LogP contribution is 2.28. The fraction of sp³-hybridized carbons (Fsp3) is 0. The molecule has 5 heteroatoms. The minimum Gasteiger partial charge on any atom is -0.422 e. The van der Waals surface area contributed by atoms with Crippen LogP contribution in [0.2, 0.25) is 0 Å². The number of rotatable bonds is 2. The zero-order valence-corrected chi connectivity index (χ0v) is 12.7. The van der Waals surface area contributed by atoms with Gasteiger partial charge in [0.15, 0.2) is 0 Å². The first kappa shape index (κ1) is 13.8. The van der Waals surface area contributed by atoms with E-state index in [0.29, 0.717) is 21.3 Å². The third kappa shape index (κ3) is 3.43. The summed E-state index contributed by atoms with van der Waals surface area (Å²) in [4.78, 5) is 12.0. The predicted molar refractivity (Wildman–Crippen MR) is 78.0 cm³/mol. The SMILES string of the molecule is N#Cc1cccc(C(=O)Oc2ccc(Br)cc2Br)c1. The van der Waals surface area contributed by atoms with Gasteiger partial charge in [0.1, 0.15) is 5.75 Å². The third-order valence-electron chi connectivity index (χ3n) is 2.32. The number of ether oxygens (including phenoxy) is 1. The Morgan fingerprint density at radius 3 is 2.63 bits per heavy atom. The van der Waals surface area contributed by atoms with Crippen LogP contribution in [0.3, 0.4) is 0 Å². The average molecular weight is 381 g/mol. The van der Waals surface area contributed by atoms with Crippen LogP contribution >= 0.6 is 31.9 Å². The second-order valence-electron chi connectivity index (χ2n) is 3.66. The molecule has 0 fully saturated rings. The molecular weight excluding hydrogens is 374 g/mol. The highest BCUT2D eigenvalue weighted by Gasteiger charge is 2.11. The smallest absolute Gasteiger partial charge is 0.343 e. The average Bonchev–Trinajstić information content (AvgIpc) is 2.42. The van der Waals surface area contributed by atoms with E-state index in [1.807, 2.05) is 6.07 Å². The van der Waals surface area contributed by atoms with E-state index in [1.165, 1.54) is 6.07 Å². The van der Waals surface area contributed by atoms with Crippen LogP contribution in [-0.4, -0.2) is 5.97 Å². The highest BCUT2D eigenvalue weighted by molar-refractivity contribution is 9.11. The summed E-state index contributed by atoms with van der Waals surface area (Å²) >= 11 is 6.64. The largest absolute Gasteiger partial charge is 0.422 e. The predicted octanol–water partition coefficient (Wildman–Crippen LogP) is 4.30. The lowest BCUT2D eigenvalue weighted by atomic mass is 10.1. The van der Waals surface area contributed by atoms with E-state index in [1.54, 1.807) is 36.4 Å². The van der Waals surface area contributed by atoms with Gasteiger partial charge in [0.2, 0.25) is 0 Å². The number of halogens is 2. The van der Waals surface area contributed by atoms with Crippen LogP contribution in [0.4, 0.5) is 0 Å². The molecule has 0 bridgehead atoms. The Hall–Kier alpha value is -1.64. The Bertz CT molecular complexity index is 677. The molecule has 94 valence electrons. The van der Waals surface area contributed by atoms with Crippen molar-refractivity contribution in [3.63, 3.8) is 0 Å². The maximum atomic E-state index is 12.0. The molecule has 2 aromatic rings. The van der Waals surface area contributed by atoms with Gasteiger partial charge in [-0.25, -0.2) is 4.79 Å². The molecule has 0 N–H and O–H groups in total. The second-order valence-corrected chi connectivity index (χ2v) is 5.43. The molecule has 0 spiro atoms. The van der Waals surface area contributed by atoms with Gasteiger partial charge >= 0.3 is 5.97 Å². The van der Waals surface area contributed by atoms with E-state index < -0.39 is 5.97 Å². The Labute approximate surface area is 127 Å². The van der Waals surface area contributed by atoms with Gasteiger partial charge in [-0.15, -0.1) is 0 Å². The molecule has 0 saturated heterocycles. The van der Waals surface area contributed by atoms with Crippen LogP contribution in [-0.2, 0) is 0 Å². The Balaban J connectivity index is 2.23. The summed E-state index contributed by atoms with van der Waals surface area (Å²) in [5.74, 6) is -0.0734. The fourth-order valence-corrected chi connectivity index (χ4v) is 2.56. The lowest BCUT2D eigenvalue weighted by molar-refractivity contribution is 0.0733. The number of benzene rings is 2. The summed E-state index contributed by atoms with van der Waals surface area (Å²) in [6, 6.07) is 13.6. The number of carbonyl (C=O) groups excluding carboxylic acids is 1. The maximum absolute atomic E-state index is 12.0. The molecule has 2 aromatic carbocycles. The van der Waals surface area contributed by atoms with Gasteiger partial charge in [0, 0.05) is 4.47 Å². The van der Waals surface area contributed by atoms with Crippen molar-refractivity contribution in [2.24, 2.45) is 0 Å². The van der Waals surface area contributed by atoms with Gasteiger partial charge in [-0.2, -0.15) is 5.26 Å². The monoisotopic (exact) mass is 379 g/mol. The van der Waals surface area contributed by atoms with E-state index >= 15 is 0 Å². The van der Waals surface area contributed by atoms with Crippen LogP contribution in [0.1, 0.15) is 15.9 Å². The minimum absolute atomic E-state index is 0.342. The van der Waals surface area contributed by atoms with Gasteiger partial charge in [-0.3, -0.25) is 0 Å². The van der Waals surface area contributed by atoms with Crippen molar-refractivity contribution >= 4 is 37.8 Å². The molecule has 0 atom stereocenters. The van der Waals surface area contributed by atoms with E-state index in [0.717, 1.165) is 4.47 Å². The molecule has 3 nitrogen and oxygen atoms in total. The van der Waals surface area contributed by atoms with Crippen molar-refractivity contribution in [3.05, 3.63) is 62.5 Å². The fourth-order valence-electron chi connectivity index (χ4n) is 1.43. The second kappa shape index (κ2) is 6.00. The van der Waals surface area contributed by atoms with E-state index in [-0.39, 0.29) is 0 Å². The number of hydrogen-bond donors (Lipinski definition) is 0. The lowest BCUT2D eigenvalue weighted by Gasteiger charge is -2.06. The molecule has 0 aliphatic carbocycles. The van der Waals surface area contributed by atoms with E-state index in [4.69, 9.17) is 10.00 Å². The molecule has 0 aliphatic heterocycles. The quantitative estimate of drug-likeness (QED) is 0.576. The summed E-state index contributed by atoms with van der Waals surface area (Å²) in [7, 11) is 0. The van der Waals surface area contributed by atoms with Crippen molar-refractivity contribution in [2.75, 3.05) is 0 Å². The van der Waals surface area contributed by atoms with Gasteiger partial charge in [0.25, 0.3) is 0 Å². The van der Waals surface area contributed by atoms with Crippen LogP contribution < -0.4 is 4.74 Å². The van der Waals surface area contributed by atoms with E-state index in [9.17, 15) is 4.79 Å². The maximum Gasteiger partial charge on any atom is 0.343 e. The standard InChI is InChI=1S/C14H7Br2NO2/c15-11-4-5-13(12(16)7-11)19-14(18)10-3-1-2-9(6-10)8-17/h1-7H.